The molecular formula is C42H50N10O18S. The third-order valence-corrected chi connectivity index (χ3v) is 11.7. The van der Waals surface area contributed by atoms with Gasteiger partial charge in [-0.15, -0.1) is 0 Å². The molecule has 0 radical (unpaired) electrons. The number of benzene rings is 2. The summed E-state index contributed by atoms with van der Waals surface area (Å²) in [5, 5.41) is 11.3. The number of azide groups is 3. The highest BCUT2D eigenvalue weighted by molar-refractivity contribution is 7.88. The summed E-state index contributed by atoms with van der Waals surface area (Å²) < 4.78 is 88.1. The number of ether oxygens (including phenoxy) is 10. The molecule has 2 aromatic carbocycles. The van der Waals surface area contributed by atoms with E-state index in [2.05, 4.69) is 34.8 Å². The van der Waals surface area contributed by atoms with Crippen molar-refractivity contribution in [1.82, 2.24) is 4.72 Å². The van der Waals surface area contributed by atoms with Crippen molar-refractivity contribution >= 4 is 45.8 Å². The third kappa shape index (κ3) is 14.5. The van der Waals surface area contributed by atoms with E-state index in [4.69, 9.17) is 47.4 Å². The normalized spacial score (nSPS) is 30.0. The zero-order chi connectivity index (χ0) is 52.2. The molecule has 2 saturated heterocycles. The highest BCUT2D eigenvalue weighted by Crippen LogP contribution is 2.40. The maximum Gasteiger partial charge on any atom is 0.338 e. The van der Waals surface area contributed by atoms with Crippen LogP contribution in [-0.2, 0) is 76.6 Å². The van der Waals surface area contributed by atoms with E-state index < -0.39 is 150 Å². The minimum absolute atomic E-state index is 0.00565. The Kier molecular flexibility index (Phi) is 19.1. The Morgan fingerprint density at radius 3 is 1.62 bits per heavy atom. The molecule has 0 aromatic heterocycles. The predicted octanol–water partition coefficient (Wildman–Crippen LogP) is 3.78. The van der Waals surface area contributed by atoms with E-state index in [0.717, 1.165) is 34.0 Å². The van der Waals surface area contributed by atoms with Gasteiger partial charge in [0.05, 0.1) is 41.6 Å². The van der Waals surface area contributed by atoms with Gasteiger partial charge in [-0.25, -0.2) is 22.7 Å². The van der Waals surface area contributed by atoms with Gasteiger partial charge in [-0.3, -0.25) is 19.2 Å². The first-order chi connectivity index (χ1) is 33.7. The Morgan fingerprint density at radius 1 is 0.620 bits per heavy atom. The molecule has 28 nitrogen and oxygen atoms in total. The molecule has 0 amide bonds. The maximum atomic E-state index is 13.9. The molecule has 29 heteroatoms. The van der Waals surface area contributed by atoms with Crippen LogP contribution in [0.3, 0.4) is 0 Å². The van der Waals surface area contributed by atoms with Crippen molar-refractivity contribution < 1.29 is 84.6 Å². The molecule has 2 aliphatic heterocycles. The quantitative estimate of drug-likeness (QED) is 0.0687. The van der Waals surface area contributed by atoms with E-state index in [1.807, 2.05) is 0 Å². The van der Waals surface area contributed by atoms with Gasteiger partial charge in [0.1, 0.15) is 36.6 Å². The third-order valence-electron chi connectivity index (χ3n) is 10.9. The largest absolute Gasteiger partial charge is 0.460 e. The van der Waals surface area contributed by atoms with E-state index in [9.17, 15) is 53.8 Å². The average molecular weight is 1010 g/mol. The highest BCUT2D eigenvalue weighted by atomic mass is 32.2. The van der Waals surface area contributed by atoms with Crippen molar-refractivity contribution in [3.05, 3.63) is 103 Å². The number of hydrogen-bond donors (Lipinski definition) is 1. The molecule has 0 bridgehead atoms. The van der Waals surface area contributed by atoms with Crippen molar-refractivity contribution in [3.8, 4) is 0 Å². The summed E-state index contributed by atoms with van der Waals surface area (Å²) in [4.78, 5) is 86.8. The van der Waals surface area contributed by atoms with Gasteiger partial charge in [0.15, 0.2) is 37.0 Å². The van der Waals surface area contributed by atoms with Crippen molar-refractivity contribution in [2.75, 3.05) is 6.26 Å². The number of carbonyl (C=O) groups excluding carboxylic acids is 6. The second-order valence-corrected chi connectivity index (χ2v) is 18.1. The van der Waals surface area contributed by atoms with Gasteiger partial charge in [0, 0.05) is 42.4 Å². The van der Waals surface area contributed by atoms with Gasteiger partial charge < -0.3 is 47.4 Å². The summed E-state index contributed by atoms with van der Waals surface area (Å²) in [6, 6.07) is 8.92. The minimum Gasteiger partial charge on any atom is -0.460 e. The van der Waals surface area contributed by atoms with Crippen LogP contribution in [0.1, 0.15) is 68.7 Å². The molecule has 16 atom stereocenters. The predicted molar refractivity (Wildman–Crippen MR) is 237 cm³/mol. The average Bonchev–Trinajstić information content (AvgIpc) is 3.62. The summed E-state index contributed by atoms with van der Waals surface area (Å²) in [6.07, 6.45) is -20.7. The molecule has 3 aliphatic rings. The number of rotatable bonds is 19. The Labute approximate surface area is 404 Å². The standard InChI is InChI=1S/C42H50N10O18S/c1-19(46-50-43)30-35(65-39(57)25-14-10-8-11-15-25)38(66-40(58)26-16-12-9-13-17-26)42(67-30)70-37-32(27(47-51-44)18-28(49-71(7,59)60)33(37)62-22(4)54)69-41-29(48-52-45)34(63-23(5)55)36(64-24(6)56)31(68-41)20(2)61-21(3)53/h8-17,19-20,27-38,41-42,49H,18H2,1-7H3/t19?,20-,27?,28-,29?,30-,31?,32-,33?,34?,35?,36-,37?,38?,41-,42+/m1/s1. The Morgan fingerprint density at radius 2 is 1.11 bits per heavy atom. The van der Waals surface area contributed by atoms with Crippen molar-refractivity contribution in [3.63, 3.8) is 0 Å². The number of nitrogens with zero attached hydrogens (tertiary/aromatic N) is 9. The fourth-order valence-electron chi connectivity index (χ4n) is 8.29. The van der Waals surface area contributed by atoms with E-state index in [-0.39, 0.29) is 11.1 Å². The smallest absolute Gasteiger partial charge is 0.338 e. The summed E-state index contributed by atoms with van der Waals surface area (Å²) in [5.41, 5.74) is 29.4. The van der Waals surface area contributed by atoms with Gasteiger partial charge in [-0.05, 0) is 54.2 Å². The van der Waals surface area contributed by atoms with Crippen LogP contribution in [0.15, 0.2) is 76.0 Å². The number of carbonyl (C=O) groups is 6. The van der Waals surface area contributed by atoms with Gasteiger partial charge in [-0.2, -0.15) is 0 Å². The first kappa shape index (κ1) is 54.9. The summed E-state index contributed by atoms with van der Waals surface area (Å²) >= 11 is 0. The first-order valence-corrected chi connectivity index (χ1v) is 23.5. The van der Waals surface area contributed by atoms with Gasteiger partial charge in [0.25, 0.3) is 0 Å². The molecule has 1 N–H and O–H groups in total. The van der Waals surface area contributed by atoms with Crippen molar-refractivity contribution in [1.29, 1.82) is 0 Å². The number of esters is 6. The lowest BCUT2D eigenvalue weighted by atomic mass is 9.83. The SMILES string of the molecule is CC(=O)OC1C(N=[N+]=[N-])[C@@H](O[C@@H]2C(N=[N+]=[N-])C[C@@H](NS(C)(=O)=O)C(OC(C)=O)C2O[C@@H]2O[C@H](C(C)N=[N+]=[N-])C(OC(=O)c3ccccc3)C2OC(=O)c2ccccc2)OC([C@@H](C)OC(C)=O)[C@H]1OC(C)=O. The fourth-order valence-corrected chi connectivity index (χ4v) is 9.07. The first-order valence-electron chi connectivity index (χ1n) is 21.6. The summed E-state index contributed by atoms with van der Waals surface area (Å²) in [6.45, 7) is 6.74. The van der Waals surface area contributed by atoms with Crippen molar-refractivity contribution in [2.24, 2.45) is 15.3 Å². The minimum atomic E-state index is -4.22. The number of hydrogen-bond acceptors (Lipinski definition) is 21. The highest BCUT2D eigenvalue weighted by Gasteiger charge is 2.59. The van der Waals surface area contributed by atoms with Crippen LogP contribution in [0, 0.1) is 0 Å². The number of nitrogens with one attached hydrogen (secondary N) is 1. The lowest BCUT2D eigenvalue weighted by Crippen LogP contribution is -2.67. The molecule has 71 heavy (non-hydrogen) atoms. The molecular weight excluding hydrogens is 965 g/mol. The van der Waals surface area contributed by atoms with Gasteiger partial charge >= 0.3 is 35.8 Å². The number of sulfonamides is 1. The van der Waals surface area contributed by atoms with E-state index >= 15 is 0 Å². The van der Waals surface area contributed by atoms with Crippen LogP contribution in [0.5, 0.6) is 0 Å². The molecule has 382 valence electrons. The van der Waals surface area contributed by atoms with E-state index in [0.29, 0.717) is 0 Å². The lowest BCUT2D eigenvalue weighted by molar-refractivity contribution is -0.318. The zero-order valence-electron chi connectivity index (χ0n) is 39.0. The molecule has 0 spiro atoms. The fraction of sp³-hybridized carbons (Fsp3) is 0.571. The van der Waals surface area contributed by atoms with Gasteiger partial charge in [-0.1, -0.05) is 58.7 Å². The van der Waals surface area contributed by atoms with Crippen LogP contribution in [0.2, 0.25) is 0 Å². The summed E-state index contributed by atoms with van der Waals surface area (Å²) in [5.74, 6) is -5.75. The van der Waals surface area contributed by atoms with Crippen LogP contribution in [0.25, 0.3) is 31.3 Å². The Bertz CT molecular complexity index is 2530. The van der Waals surface area contributed by atoms with E-state index in [1.165, 1.54) is 50.2 Å². The Balaban J connectivity index is 1.73. The molecule has 9 unspecified atom stereocenters. The lowest BCUT2D eigenvalue weighted by Gasteiger charge is -2.49. The maximum absolute atomic E-state index is 13.9. The molecule has 2 heterocycles. The second kappa shape index (κ2) is 24.7. The molecule has 5 rings (SSSR count). The molecule has 3 fully saturated rings. The van der Waals surface area contributed by atoms with Crippen LogP contribution in [-0.4, -0.2) is 148 Å². The summed E-state index contributed by atoms with van der Waals surface area (Å²) in [7, 11) is -4.22. The molecule has 1 saturated carbocycles. The monoisotopic (exact) mass is 1010 g/mol. The van der Waals surface area contributed by atoms with Crippen LogP contribution >= 0.6 is 0 Å². The van der Waals surface area contributed by atoms with E-state index in [1.54, 1.807) is 24.3 Å². The van der Waals surface area contributed by atoms with Crippen LogP contribution < -0.4 is 4.72 Å². The zero-order valence-corrected chi connectivity index (χ0v) is 39.8. The Hall–Kier alpha value is -7.06. The second-order valence-electron chi connectivity index (χ2n) is 16.3. The van der Waals surface area contributed by atoms with Gasteiger partial charge in [0.2, 0.25) is 10.0 Å². The topological polar surface area (TPSA) is 387 Å². The molecule has 2 aromatic rings. The van der Waals surface area contributed by atoms with Crippen LogP contribution in [0.4, 0.5) is 0 Å². The van der Waals surface area contributed by atoms with Crippen molar-refractivity contribution in [2.45, 2.75) is 146 Å². The molecule has 1 aliphatic carbocycles.